The van der Waals surface area contributed by atoms with Crippen molar-refractivity contribution in [3.63, 3.8) is 0 Å². The molecular formula is C9H10F4I4O2-2. The average Bonchev–Trinajstić information content (AvgIpc) is 2.35. The van der Waals surface area contributed by atoms with E-state index in [2.05, 4.69) is 11.3 Å². The van der Waals surface area contributed by atoms with Gasteiger partial charge in [0.25, 0.3) is 0 Å². The van der Waals surface area contributed by atoms with Gasteiger partial charge < -0.3 is 0 Å². The SMILES string of the molecule is C=C(CCC(F)(F)[I-]I)C(=O)OCCC(F)(F)[I-]I. The van der Waals surface area contributed by atoms with E-state index in [0.717, 1.165) is 0 Å². The Bertz CT molecular complexity index is 325. The Morgan fingerprint density at radius 2 is 1.58 bits per heavy atom. The molecule has 116 valence electrons. The molecule has 0 aliphatic rings. The molecule has 0 heterocycles. The molecule has 0 saturated heterocycles. The molecule has 0 saturated carbocycles. The first-order valence-electron chi connectivity index (χ1n) is 4.78. The molecule has 0 unspecified atom stereocenters. The van der Waals surface area contributed by atoms with Crippen LogP contribution in [0.3, 0.4) is 0 Å². The van der Waals surface area contributed by atoms with Crippen molar-refractivity contribution in [3.05, 3.63) is 12.2 Å². The minimum atomic E-state index is -2.78. The second-order valence-corrected chi connectivity index (χ2v) is 12.8. The summed E-state index contributed by atoms with van der Waals surface area (Å²) < 4.78 is 50.8. The van der Waals surface area contributed by atoms with E-state index >= 15 is 0 Å². The Hall–Kier alpha value is 1.85. The Labute approximate surface area is 148 Å². The van der Waals surface area contributed by atoms with Crippen molar-refractivity contribution in [1.82, 2.24) is 0 Å². The van der Waals surface area contributed by atoms with E-state index in [9.17, 15) is 22.4 Å². The molecule has 2 nitrogen and oxygen atoms in total. The van der Waals surface area contributed by atoms with Crippen LogP contribution in [0, 0.1) is 0 Å². The van der Waals surface area contributed by atoms with E-state index in [1.54, 1.807) is 37.2 Å². The van der Waals surface area contributed by atoms with Gasteiger partial charge in [0.2, 0.25) is 0 Å². The van der Waals surface area contributed by atoms with Gasteiger partial charge in [-0.2, -0.15) is 0 Å². The van der Waals surface area contributed by atoms with Gasteiger partial charge in [0.05, 0.1) is 0 Å². The summed E-state index contributed by atoms with van der Waals surface area (Å²) in [5, 5.41) is 0. The normalized spacial score (nSPS) is 12.7. The van der Waals surface area contributed by atoms with Gasteiger partial charge in [-0.3, -0.25) is 0 Å². The summed E-state index contributed by atoms with van der Waals surface area (Å²) in [5.41, 5.74) is -0.0963. The third-order valence-electron chi connectivity index (χ3n) is 1.83. The Morgan fingerprint density at radius 3 is 2.05 bits per heavy atom. The average molecular weight is 734 g/mol. The second-order valence-electron chi connectivity index (χ2n) is 3.36. The molecule has 0 bridgehead atoms. The van der Waals surface area contributed by atoms with E-state index in [1.165, 1.54) is 0 Å². The predicted octanol–water partition coefficient (Wildman–Crippen LogP) is -1.68. The maximum atomic E-state index is 13.0. The number of halogens is 8. The Morgan fingerprint density at radius 1 is 1.11 bits per heavy atom. The fourth-order valence-corrected chi connectivity index (χ4v) is 4.46. The molecule has 10 heteroatoms. The number of hydrogen-bond acceptors (Lipinski definition) is 2. The van der Waals surface area contributed by atoms with Gasteiger partial charge >= 0.3 is 151 Å². The van der Waals surface area contributed by atoms with Crippen LogP contribution in [0.25, 0.3) is 0 Å². The van der Waals surface area contributed by atoms with Crippen LogP contribution in [0.5, 0.6) is 0 Å². The number of alkyl halides is 6. The van der Waals surface area contributed by atoms with Crippen molar-refractivity contribution in [3.8, 4) is 0 Å². The van der Waals surface area contributed by atoms with Gasteiger partial charge in [0.1, 0.15) is 0 Å². The summed E-state index contributed by atoms with van der Waals surface area (Å²) in [6.45, 7) is 2.93. The monoisotopic (exact) mass is 734 g/mol. The van der Waals surface area contributed by atoms with Crippen molar-refractivity contribution in [2.75, 3.05) is 6.61 Å². The third-order valence-corrected chi connectivity index (χ3v) is 12.1. The first kappa shape index (κ1) is 20.9. The van der Waals surface area contributed by atoms with Crippen LogP contribution in [0.2, 0.25) is 0 Å². The van der Waals surface area contributed by atoms with Crippen LogP contribution in [-0.4, -0.2) is 20.4 Å². The molecule has 19 heavy (non-hydrogen) atoms. The molecule has 0 spiro atoms. The molecule has 0 aromatic rings. The number of hydrogen-bond donors (Lipinski definition) is 0. The minimum absolute atomic E-state index is 0.0963. The Kier molecular flexibility index (Phi) is 10.7. The summed E-state index contributed by atoms with van der Waals surface area (Å²) in [4.78, 5) is 11.3. The van der Waals surface area contributed by atoms with Crippen LogP contribution in [0.4, 0.5) is 17.6 Å². The van der Waals surface area contributed by atoms with E-state index in [4.69, 9.17) is 0 Å². The summed E-state index contributed by atoms with van der Waals surface area (Å²) in [7, 11) is 0. The number of rotatable bonds is 9. The zero-order valence-electron chi connectivity index (χ0n) is 9.38. The molecule has 0 N–H and O–H groups in total. The molecular weight excluding hydrogens is 724 g/mol. The summed E-state index contributed by atoms with van der Waals surface area (Å²) >= 11 is 0.752. The summed E-state index contributed by atoms with van der Waals surface area (Å²) in [6.07, 6.45) is -1.16. The predicted molar refractivity (Wildman–Crippen MR) is 71.9 cm³/mol. The Balaban J connectivity index is 3.99. The van der Waals surface area contributed by atoms with Gasteiger partial charge in [0, 0.05) is 0 Å². The molecule has 0 fully saturated rings. The van der Waals surface area contributed by atoms with Crippen molar-refractivity contribution >= 4 is 43.2 Å². The van der Waals surface area contributed by atoms with Crippen LogP contribution in [0.15, 0.2) is 12.2 Å². The molecule has 0 radical (unpaired) electrons. The molecule has 0 aromatic heterocycles. The van der Waals surface area contributed by atoms with E-state index in [-0.39, 0.29) is 12.0 Å². The molecule has 0 amide bonds. The summed E-state index contributed by atoms with van der Waals surface area (Å²) in [5.74, 6) is -0.870. The number of ether oxygens (including phenoxy) is 1. The maximum absolute atomic E-state index is 13.0. The fourth-order valence-electron chi connectivity index (χ4n) is 0.828. The van der Waals surface area contributed by atoms with Crippen molar-refractivity contribution in [2.45, 2.75) is 27.1 Å². The zero-order valence-corrected chi connectivity index (χ0v) is 18.0. The van der Waals surface area contributed by atoms with Crippen molar-refractivity contribution in [1.29, 1.82) is 0 Å². The molecule has 0 aliphatic carbocycles. The van der Waals surface area contributed by atoms with Crippen molar-refractivity contribution in [2.24, 2.45) is 0 Å². The van der Waals surface area contributed by atoms with Crippen LogP contribution >= 0.6 is 37.2 Å². The zero-order chi connectivity index (χ0) is 15.1. The van der Waals surface area contributed by atoms with Gasteiger partial charge in [0.15, 0.2) is 0 Å². The van der Waals surface area contributed by atoms with E-state index in [1.807, 2.05) is 0 Å². The van der Waals surface area contributed by atoms with Gasteiger partial charge in [-0.1, -0.05) is 0 Å². The topological polar surface area (TPSA) is 26.3 Å². The fraction of sp³-hybridized carbons (Fsp3) is 0.667. The molecule has 0 aliphatic heterocycles. The number of carbonyl (C=O) groups is 1. The molecule has 0 atom stereocenters. The van der Waals surface area contributed by atoms with Crippen LogP contribution in [0.1, 0.15) is 19.3 Å². The third kappa shape index (κ3) is 10.2. The standard InChI is InChI=1S/C9H10F4I4O2/c1-6(2-3-8(10,11)16-14)7(18)19-5-4-9(12,13)17-15/h1-5H2/q-2. The van der Waals surface area contributed by atoms with Gasteiger partial charge in [-0.15, -0.1) is 0 Å². The number of carbonyl (C=O) groups excluding carboxylic acids is 1. The first-order chi connectivity index (χ1) is 8.63. The van der Waals surface area contributed by atoms with Crippen LogP contribution < -0.4 is 34.5 Å². The molecule has 0 aromatic carbocycles. The first-order valence-corrected chi connectivity index (χ1v) is 19.5. The summed E-state index contributed by atoms with van der Waals surface area (Å²) in [6, 6.07) is 0. The van der Waals surface area contributed by atoms with E-state index in [0.29, 0.717) is 0 Å². The van der Waals surface area contributed by atoms with Crippen LogP contribution in [-0.2, 0) is 9.53 Å². The van der Waals surface area contributed by atoms with Crippen molar-refractivity contribution < 1.29 is 61.6 Å². The second kappa shape index (κ2) is 9.78. The number of esters is 1. The quantitative estimate of drug-likeness (QED) is 0.0933. The van der Waals surface area contributed by atoms with Gasteiger partial charge in [-0.05, 0) is 0 Å². The van der Waals surface area contributed by atoms with E-state index < -0.39 is 67.7 Å². The molecule has 0 rings (SSSR count). The van der Waals surface area contributed by atoms with Gasteiger partial charge in [-0.25, -0.2) is 0 Å².